The van der Waals surface area contributed by atoms with E-state index in [0.29, 0.717) is 19.6 Å². The number of carbonyl (C=O) groups is 1. The van der Waals surface area contributed by atoms with Gasteiger partial charge in [-0.05, 0) is 24.3 Å². The zero-order valence-corrected chi connectivity index (χ0v) is 18.2. The third-order valence-corrected chi connectivity index (χ3v) is 7.01. The maximum Gasteiger partial charge on any atom is 0.312 e. The standard InChI is InChI=1S/C20H23FN4O6S/c1-31-19-7-6-15(14-18(19)25(27)28)32(29,30)24-12-10-23(11-13-24)9-8-20(26)22-17-5-3-2-4-16(17)21/h2-7,14H,8-13H2,1H3,(H,22,26). The summed E-state index contributed by atoms with van der Waals surface area (Å²) in [5.41, 5.74) is -0.310. The van der Waals surface area contributed by atoms with E-state index in [2.05, 4.69) is 5.32 Å². The van der Waals surface area contributed by atoms with Crippen molar-refractivity contribution in [3.8, 4) is 5.75 Å². The van der Waals surface area contributed by atoms with E-state index in [1.54, 1.807) is 6.07 Å². The number of anilines is 1. The summed E-state index contributed by atoms with van der Waals surface area (Å²) >= 11 is 0. The Balaban J connectivity index is 1.56. The third-order valence-electron chi connectivity index (χ3n) is 5.12. The van der Waals surface area contributed by atoms with Crippen molar-refractivity contribution in [2.75, 3.05) is 45.2 Å². The molecule has 1 heterocycles. The lowest BCUT2D eigenvalue weighted by atomic mass is 10.2. The van der Waals surface area contributed by atoms with Gasteiger partial charge in [-0.2, -0.15) is 4.31 Å². The van der Waals surface area contributed by atoms with Crippen LogP contribution < -0.4 is 10.1 Å². The van der Waals surface area contributed by atoms with Crippen LogP contribution in [0.25, 0.3) is 0 Å². The van der Waals surface area contributed by atoms with Crippen LogP contribution in [0.15, 0.2) is 47.4 Å². The summed E-state index contributed by atoms with van der Waals surface area (Å²) in [5.74, 6) is -0.874. The first kappa shape index (κ1) is 23.6. The maximum atomic E-state index is 13.6. The molecule has 2 aromatic carbocycles. The van der Waals surface area contributed by atoms with Crippen molar-refractivity contribution in [3.63, 3.8) is 0 Å². The Bertz CT molecular complexity index is 1100. The molecule has 0 saturated carbocycles. The highest BCUT2D eigenvalue weighted by molar-refractivity contribution is 7.89. The number of rotatable bonds is 8. The van der Waals surface area contributed by atoms with Crippen molar-refractivity contribution >= 4 is 27.3 Å². The van der Waals surface area contributed by atoms with Gasteiger partial charge in [-0.15, -0.1) is 0 Å². The van der Waals surface area contributed by atoms with Crippen LogP contribution in [-0.4, -0.2) is 68.3 Å². The van der Waals surface area contributed by atoms with Crippen molar-refractivity contribution in [3.05, 3.63) is 58.4 Å². The van der Waals surface area contributed by atoms with Crippen molar-refractivity contribution in [2.24, 2.45) is 0 Å². The number of piperazine rings is 1. The van der Waals surface area contributed by atoms with Crippen molar-refractivity contribution in [1.82, 2.24) is 9.21 Å². The van der Waals surface area contributed by atoms with Gasteiger partial charge in [-0.1, -0.05) is 12.1 Å². The van der Waals surface area contributed by atoms with Gasteiger partial charge < -0.3 is 15.0 Å². The minimum Gasteiger partial charge on any atom is -0.490 e. The average Bonchev–Trinajstić information content (AvgIpc) is 2.79. The second-order valence-electron chi connectivity index (χ2n) is 7.11. The number of nitrogens with zero attached hydrogens (tertiary/aromatic N) is 3. The number of methoxy groups -OCH3 is 1. The van der Waals surface area contributed by atoms with E-state index in [0.717, 1.165) is 6.07 Å². The van der Waals surface area contributed by atoms with Crippen molar-refractivity contribution < 1.29 is 27.3 Å². The van der Waals surface area contributed by atoms with Crippen LogP contribution >= 0.6 is 0 Å². The largest absolute Gasteiger partial charge is 0.490 e. The zero-order chi connectivity index (χ0) is 23.3. The zero-order valence-electron chi connectivity index (χ0n) is 17.4. The van der Waals surface area contributed by atoms with Crippen LogP contribution in [0.5, 0.6) is 5.75 Å². The van der Waals surface area contributed by atoms with Crippen LogP contribution in [0, 0.1) is 15.9 Å². The smallest absolute Gasteiger partial charge is 0.312 e. The second-order valence-corrected chi connectivity index (χ2v) is 9.05. The number of nitro groups is 1. The molecule has 32 heavy (non-hydrogen) atoms. The average molecular weight is 466 g/mol. The number of benzene rings is 2. The van der Waals surface area contributed by atoms with Gasteiger partial charge >= 0.3 is 5.69 Å². The van der Waals surface area contributed by atoms with Gasteiger partial charge in [0.1, 0.15) is 5.82 Å². The number of ether oxygens (including phenoxy) is 1. The predicted octanol–water partition coefficient (Wildman–Crippen LogP) is 2.08. The van der Waals surface area contributed by atoms with E-state index in [9.17, 15) is 27.7 Å². The number of nitrogens with one attached hydrogen (secondary N) is 1. The molecule has 0 radical (unpaired) electrons. The lowest BCUT2D eigenvalue weighted by Crippen LogP contribution is -2.49. The molecule has 0 bridgehead atoms. The summed E-state index contributed by atoms with van der Waals surface area (Å²) in [5, 5.41) is 13.7. The SMILES string of the molecule is COc1ccc(S(=O)(=O)N2CCN(CCC(=O)Nc3ccccc3F)CC2)cc1[N+](=O)[O-]. The molecule has 2 aromatic rings. The lowest BCUT2D eigenvalue weighted by Gasteiger charge is -2.33. The summed E-state index contributed by atoms with van der Waals surface area (Å²) in [6.07, 6.45) is 0.131. The monoisotopic (exact) mass is 466 g/mol. The summed E-state index contributed by atoms with van der Waals surface area (Å²) in [7, 11) is -2.65. The minimum atomic E-state index is -3.92. The molecule has 1 amide bonds. The van der Waals surface area contributed by atoms with Crippen LogP contribution in [0.1, 0.15) is 6.42 Å². The maximum absolute atomic E-state index is 13.6. The molecule has 1 aliphatic rings. The summed E-state index contributed by atoms with van der Waals surface area (Å²) in [6.45, 7) is 1.53. The number of hydrogen-bond acceptors (Lipinski definition) is 7. The first-order valence-electron chi connectivity index (χ1n) is 9.81. The Morgan fingerprint density at radius 2 is 1.88 bits per heavy atom. The number of carbonyl (C=O) groups excluding carboxylic acids is 1. The van der Waals surface area contributed by atoms with Gasteiger partial charge in [0.15, 0.2) is 5.75 Å². The molecule has 1 N–H and O–H groups in total. The normalized spacial score (nSPS) is 15.3. The van der Waals surface area contributed by atoms with Gasteiger partial charge in [0.2, 0.25) is 15.9 Å². The summed E-state index contributed by atoms with van der Waals surface area (Å²) < 4.78 is 45.6. The first-order valence-corrected chi connectivity index (χ1v) is 11.3. The molecule has 10 nitrogen and oxygen atoms in total. The van der Waals surface area contributed by atoms with Crippen LogP contribution in [0.4, 0.5) is 15.8 Å². The quantitative estimate of drug-likeness (QED) is 0.467. The fourth-order valence-corrected chi connectivity index (χ4v) is 4.79. The van der Waals surface area contributed by atoms with E-state index in [1.165, 1.54) is 41.7 Å². The highest BCUT2D eigenvalue weighted by Crippen LogP contribution is 2.30. The van der Waals surface area contributed by atoms with Crippen molar-refractivity contribution in [2.45, 2.75) is 11.3 Å². The Morgan fingerprint density at radius 1 is 1.19 bits per heavy atom. The number of para-hydroxylation sites is 1. The van der Waals surface area contributed by atoms with E-state index in [1.807, 2.05) is 4.90 Å². The number of hydrogen-bond donors (Lipinski definition) is 1. The molecule has 1 saturated heterocycles. The Hall–Kier alpha value is -3.09. The van der Waals surface area contributed by atoms with Gasteiger partial charge in [0.25, 0.3) is 0 Å². The fraction of sp³-hybridized carbons (Fsp3) is 0.350. The Morgan fingerprint density at radius 3 is 2.50 bits per heavy atom. The highest BCUT2D eigenvalue weighted by Gasteiger charge is 2.30. The van der Waals surface area contributed by atoms with E-state index < -0.39 is 26.5 Å². The van der Waals surface area contributed by atoms with Gasteiger partial charge in [-0.25, -0.2) is 12.8 Å². The molecule has 0 atom stereocenters. The number of nitro benzene ring substituents is 1. The summed E-state index contributed by atoms with van der Waals surface area (Å²) in [4.78, 5) is 24.3. The molecule has 0 unspecified atom stereocenters. The molecular formula is C20H23FN4O6S. The van der Waals surface area contributed by atoms with E-state index in [-0.39, 0.29) is 41.7 Å². The molecule has 0 spiro atoms. The number of halogens is 1. The fourth-order valence-electron chi connectivity index (χ4n) is 3.35. The van der Waals surface area contributed by atoms with Gasteiger partial charge in [0.05, 0.1) is 22.6 Å². The Labute approximate surface area is 184 Å². The highest BCUT2D eigenvalue weighted by atomic mass is 32.2. The molecule has 3 rings (SSSR count). The number of sulfonamides is 1. The molecule has 1 fully saturated rings. The van der Waals surface area contributed by atoms with E-state index in [4.69, 9.17) is 4.74 Å². The second kappa shape index (κ2) is 10.0. The molecule has 12 heteroatoms. The van der Waals surface area contributed by atoms with Crippen LogP contribution in [-0.2, 0) is 14.8 Å². The number of amides is 1. The molecule has 0 aromatic heterocycles. The van der Waals surface area contributed by atoms with Crippen LogP contribution in [0.2, 0.25) is 0 Å². The molecular weight excluding hydrogens is 443 g/mol. The first-order chi connectivity index (χ1) is 15.2. The summed E-state index contributed by atoms with van der Waals surface area (Å²) in [6, 6.07) is 9.41. The van der Waals surface area contributed by atoms with E-state index >= 15 is 0 Å². The Kier molecular flexibility index (Phi) is 7.38. The van der Waals surface area contributed by atoms with Gasteiger partial charge in [-0.3, -0.25) is 14.9 Å². The lowest BCUT2D eigenvalue weighted by molar-refractivity contribution is -0.386. The van der Waals surface area contributed by atoms with Crippen LogP contribution in [0.3, 0.4) is 0 Å². The molecule has 1 aliphatic heterocycles. The topological polar surface area (TPSA) is 122 Å². The predicted molar refractivity (Wildman–Crippen MR) is 114 cm³/mol. The molecule has 172 valence electrons. The third kappa shape index (κ3) is 5.39. The van der Waals surface area contributed by atoms with Crippen molar-refractivity contribution in [1.29, 1.82) is 0 Å². The van der Waals surface area contributed by atoms with Gasteiger partial charge in [0, 0.05) is 45.2 Å². The minimum absolute atomic E-state index is 0.0209. The molecule has 0 aliphatic carbocycles.